The fraction of sp³-hybridized carbons (Fsp3) is 0. The Labute approximate surface area is 175 Å². The molecule has 0 heterocycles. The van der Waals surface area contributed by atoms with Gasteiger partial charge >= 0.3 is 6.09 Å². The number of hydrazine groups is 1. The van der Waals surface area contributed by atoms with Crippen LogP contribution in [0.1, 0.15) is 0 Å². The molecule has 2 aromatic carbocycles. The Morgan fingerprint density at radius 2 is 1.48 bits per heavy atom. The molecule has 0 atom stereocenters. The van der Waals surface area contributed by atoms with Gasteiger partial charge in [-0.2, -0.15) is 0 Å². The molecule has 25 heavy (non-hydrogen) atoms. The molecule has 0 spiro atoms. The van der Waals surface area contributed by atoms with Crippen molar-refractivity contribution in [2.75, 3.05) is 5.43 Å². The summed E-state index contributed by atoms with van der Waals surface area (Å²) in [6, 6.07) is 1.31. The van der Waals surface area contributed by atoms with E-state index in [4.69, 9.17) is 27.9 Å². The Morgan fingerprint density at radius 3 is 2.08 bits per heavy atom. The lowest BCUT2D eigenvalue weighted by atomic mass is 10.3. The quantitative estimate of drug-likeness (QED) is 0.148. The fourth-order valence-corrected chi connectivity index (χ4v) is 2.97. The minimum atomic E-state index is -1.26. The zero-order valence-electron chi connectivity index (χ0n) is 11.5. The number of carbonyl (C=O) groups is 1. The molecule has 2 rings (SSSR count). The average Bonchev–Trinajstić information content (AvgIpc) is 2.57. The highest BCUT2D eigenvalue weighted by Crippen LogP contribution is 2.33. The standard InChI is InChI=1S/C13H4Cl2F4I2N2O2/c14-7-5(1-3(16)9(18)11(7)20)22-23-13(24)25-6-2-4(17)10(19)12(21)8(6)15/h1-2,22H,(H,23,24). The summed E-state index contributed by atoms with van der Waals surface area (Å²) in [7, 11) is 0. The zero-order chi connectivity index (χ0) is 18.9. The SMILES string of the molecule is O=C(NNc1cc(F)c(F)c(I)c1Cl)Oc1cc(F)c(F)c(I)c1Cl. The minimum absolute atomic E-state index is 0.145. The number of nitrogens with one attached hydrogen (secondary N) is 2. The summed E-state index contributed by atoms with van der Waals surface area (Å²) in [5.74, 6) is -5.20. The van der Waals surface area contributed by atoms with Gasteiger partial charge in [0, 0.05) is 12.1 Å². The highest BCUT2D eigenvalue weighted by atomic mass is 127. The predicted molar refractivity (Wildman–Crippen MR) is 101 cm³/mol. The van der Waals surface area contributed by atoms with Crippen LogP contribution in [0.3, 0.4) is 0 Å². The summed E-state index contributed by atoms with van der Waals surface area (Å²) in [5, 5.41) is -0.490. The van der Waals surface area contributed by atoms with Crippen molar-refractivity contribution in [2.45, 2.75) is 0 Å². The molecule has 2 N–H and O–H groups in total. The second kappa shape index (κ2) is 8.31. The maximum atomic E-state index is 13.4. The van der Waals surface area contributed by atoms with Crippen LogP contribution >= 0.6 is 68.4 Å². The van der Waals surface area contributed by atoms with Crippen molar-refractivity contribution in [3.8, 4) is 5.75 Å². The summed E-state index contributed by atoms with van der Waals surface area (Å²) in [4.78, 5) is 11.7. The van der Waals surface area contributed by atoms with Crippen LogP contribution in [-0.4, -0.2) is 6.09 Å². The maximum absolute atomic E-state index is 13.4. The van der Waals surface area contributed by atoms with Gasteiger partial charge in [0.15, 0.2) is 29.0 Å². The highest BCUT2D eigenvalue weighted by Gasteiger charge is 2.19. The number of ether oxygens (including phenoxy) is 1. The molecule has 0 aliphatic heterocycles. The topological polar surface area (TPSA) is 50.4 Å². The van der Waals surface area contributed by atoms with E-state index in [9.17, 15) is 22.4 Å². The van der Waals surface area contributed by atoms with E-state index in [-0.39, 0.29) is 22.9 Å². The molecular weight excluding hydrogens is 617 g/mol. The lowest BCUT2D eigenvalue weighted by molar-refractivity contribution is 0.202. The van der Waals surface area contributed by atoms with Crippen molar-refractivity contribution in [1.82, 2.24) is 5.43 Å². The Bertz CT molecular complexity index is 871. The third kappa shape index (κ3) is 4.52. The molecule has 2 aromatic rings. The number of amides is 1. The van der Waals surface area contributed by atoms with E-state index in [0.29, 0.717) is 12.1 Å². The molecule has 134 valence electrons. The van der Waals surface area contributed by atoms with Crippen molar-refractivity contribution in [3.05, 3.63) is 52.6 Å². The molecule has 0 radical (unpaired) electrons. The summed E-state index contributed by atoms with van der Waals surface area (Å²) >= 11 is 14.5. The van der Waals surface area contributed by atoms with Gasteiger partial charge in [0.1, 0.15) is 0 Å². The van der Waals surface area contributed by atoms with Gasteiger partial charge in [-0.25, -0.2) is 27.8 Å². The molecule has 0 aliphatic rings. The molecule has 0 fully saturated rings. The molecule has 12 heteroatoms. The molecule has 4 nitrogen and oxygen atoms in total. The van der Waals surface area contributed by atoms with E-state index >= 15 is 0 Å². The van der Waals surface area contributed by atoms with Crippen LogP contribution in [0.5, 0.6) is 5.75 Å². The fourth-order valence-electron chi connectivity index (χ4n) is 1.53. The van der Waals surface area contributed by atoms with E-state index < -0.39 is 35.1 Å². The maximum Gasteiger partial charge on any atom is 0.431 e. The number of carbonyl (C=O) groups excluding carboxylic acids is 1. The van der Waals surface area contributed by atoms with Crippen molar-refractivity contribution < 1.29 is 27.1 Å². The summed E-state index contributed by atoms with van der Waals surface area (Å²) in [6.07, 6.45) is -1.18. The normalized spacial score (nSPS) is 10.6. The van der Waals surface area contributed by atoms with Crippen LogP contribution in [-0.2, 0) is 0 Å². The monoisotopic (exact) mass is 620 g/mol. The van der Waals surface area contributed by atoms with Gasteiger partial charge in [-0.15, -0.1) is 0 Å². The molecule has 0 aliphatic carbocycles. The van der Waals surface area contributed by atoms with Crippen LogP contribution in [0.15, 0.2) is 12.1 Å². The van der Waals surface area contributed by atoms with Crippen molar-refractivity contribution >= 4 is 80.2 Å². The van der Waals surface area contributed by atoms with Gasteiger partial charge in [0.2, 0.25) is 0 Å². The molecule has 0 aromatic heterocycles. The summed E-state index contributed by atoms with van der Waals surface area (Å²) in [6.45, 7) is 0. The average molecular weight is 621 g/mol. The van der Waals surface area contributed by atoms with E-state index in [1.54, 1.807) is 0 Å². The van der Waals surface area contributed by atoms with Crippen molar-refractivity contribution in [3.63, 3.8) is 0 Å². The van der Waals surface area contributed by atoms with Gasteiger partial charge in [0.25, 0.3) is 0 Å². The summed E-state index contributed by atoms with van der Waals surface area (Å²) < 4.78 is 57.6. The number of halogens is 8. The van der Waals surface area contributed by atoms with Crippen LogP contribution in [0.25, 0.3) is 0 Å². The summed E-state index contributed by atoms with van der Waals surface area (Å²) in [5.41, 5.74) is 4.05. The number of benzene rings is 2. The van der Waals surface area contributed by atoms with Gasteiger partial charge < -0.3 is 4.74 Å². The molecule has 0 saturated carbocycles. The van der Waals surface area contributed by atoms with Crippen LogP contribution in [0.4, 0.5) is 28.0 Å². The Morgan fingerprint density at radius 1 is 0.960 bits per heavy atom. The molecular formula is C13H4Cl2F4I2N2O2. The molecule has 0 unspecified atom stereocenters. The zero-order valence-corrected chi connectivity index (χ0v) is 17.3. The number of hydrogen-bond donors (Lipinski definition) is 2. The van der Waals surface area contributed by atoms with E-state index in [1.165, 1.54) is 45.2 Å². The van der Waals surface area contributed by atoms with Crippen LogP contribution in [0, 0.1) is 30.4 Å². The number of rotatable bonds is 3. The Kier molecular flexibility index (Phi) is 6.84. The minimum Gasteiger partial charge on any atom is -0.407 e. The van der Waals surface area contributed by atoms with Crippen LogP contribution < -0.4 is 15.6 Å². The molecule has 1 amide bonds. The van der Waals surface area contributed by atoms with Gasteiger partial charge in [-0.05, 0) is 45.2 Å². The first kappa shape index (κ1) is 20.6. The largest absolute Gasteiger partial charge is 0.431 e. The van der Waals surface area contributed by atoms with Gasteiger partial charge in [-0.3, -0.25) is 5.43 Å². The first-order valence-electron chi connectivity index (χ1n) is 6.03. The molecule has 0 saturated heterocycles. The van der Waals surface area contributed by atoms with Crippen LogP contribution in [0.2, 0.25) is 10.0 Å². The smallest absolute Gasteiger partial charge is 0.407 e. The third-order valence-electron chi connectivity index (χ3n) is 2.67. The first-order chi connectivity index (χ1) is 11.6. The first-order valence-corrected chi connectivity index (χ1v) is 8.94. The third-order valence-corrected chi connectivity index (χ3v) is 6.11. The Hall–Kier alpha value is -0.730. The van der Waals surface area contributed by atoms with Gasteiger partial charge in [-0.1, -0.05) is 23.2 Å². The van der Waals surface area contributed by atoms with Crippen molar-refractivity contribution in [1.29, 1.82) is 0 Å². The highest BCUT2D eigenvalue weighted by molar-refractivity contribution is 14.1. The molecule has 0 bridgehead atoms. The lowest BCUT2D eigenvalue weighted by Crippen LogP contribution is -2.32. The second-order valence-electron chi connectivity index (χ2n) is 4.29. The number of anilines is 1. The number of hydrogen-bond acceptors (Lipinski definition) is 3. The second-order valence-corrected chi connectivity index (χ2v) is 7.20. The van der Waals surface area contributed by atoms with Crippen molar-refractivity contribution in [2.24, 2.45) is 0 Å². The predicted octanol–water partition coefficient (Wildman–Crippen LogP) is 5.87. The van der Waals surface area contributed by atoms with E-state index in [2.05, 4.69) is 5.43 Å². The van der Waals surface area contributed by atoms with E-state index in [1.807, 2.05) is 5.43 Å². The Balaban J connectivity index is 2.13. The lowest BCUT2D eigenvalue weighted by Gasteiger charge is -2.13. The van der Waals surface area contributed by atoms with E-state index in [0.717, 1.165) is 0 Å². The van der Waals surface area contributed by atoms with Gasteiger partial charge in [0.05, 0.1) is 22.9 Å².